The summed E-state index contributed by atoms with van der Waals surface area (Å²) < 4.78 is 0. The average Bonchev–Trinajstić information content (AvgIpc) is 2.28. The van der Waals surface area contributed by atoms with Gasteiger partial charge in [0.25, 0.3) is 0 Å². The van der Waals surface area contributed by atoms with Crippen molar-refractivity contribution >= 4 is 0 Å². The van der Waals surface area contributed by atoms with Crippen molar-refractivity contribution in [2.45, 2.75) is 53.1 Å². The Bertz CT molecular complexity index is 347. The molecule has 96 valence electrons. The summed E-state index contributed by atoms with van der Waals surface area (Å²) in [5, 5.41) is 13.4. The molecule has 1 unspecified atom stereocenters. The minimum absolute atomic E-state index is 0.427. The number of benzene rings is 1. The van der Waals surface area contributed by atoms with E-state index in [0.29, 0.717) is 11.8 Å². The lowest BCUT2D eigenvalue weighted by atomic mass is 10.0. The normalized spacial score (nSPS) is 13.0. The third kappa shape index (κ3) is 4.78. The summed E-state index contributed by atoms with van der Waals surface area (Å²) >= 11 is 0. The lowest BCUT2D eigenvalue weighted by Crippen LogP contribution is -2.25. The predicted molar refractivity (Wildman–Crippen MR) is 73.2 cm³/mol. The van der Waals surface area contributed by atoms with Crippen LogP contribution >= 0.6 is 0 Å². The van der Waals surface area contributed by atoms with Gasteiger partial charge in [0.2, 0.25) is 0 Å². The number of phenolic OH excluding ortho intramolecular Hbond substituents is 1. The minimum Gasteiger partial charge on any atom is -0.507 e. The Balaban J connectivity index is 2.42. The predicted octanol–water partition coefficient (Wildman–Crippen LogP) is 3.61. The summed E-state index contributed by atoms with van der Waals surface area (Å²) in [5.74, 6) is 1.18. The Labute approximate surface area is 105 Å². The lowest BCUT2D eigenvalue weighted by molar-refractivity contribution is 0.434. The fourth-order valence-corrected chi connectivity index (χ4v) is 1.83. The molecule has 1 atom stereocenters. The molecule has 1 rings (SSSR count). The molecule has 1 aromatic carbocycles. The number of phenols is 1. The highest BCUT2D eigenvalue weighted by Gasteiger charge is 2.06. The Morgan fingerprint density at radius 3 is 2.53 bits per heavy atom. The van der Waals surface area contributed by atoms with Gasteiger partial charge in [-0.1, -0.05) is 32.0 Å². The maximum Gasteiger partial charge on any atom is 0.122 e. The number of nitrogens with one attached hydrogen (secondary N) is 1. The van der Waals surface area contributed by atoms with E-state index in [1.807, 2.05) is 25.1 Å². The van der Waals surface area contributed by atoms with E-state index in [-0.39, 0.29) is 0 Å². The van der Waals surface area contributed by atoms with Crippen molar-refractivity contribution in [2.75, 3.05) is 0 Å². The number of para-hydroxylation sites is 1. The maximum atomic E-state index is 9.89. The first-order chi connectivity index (χ1) is 8.00. The third-order valence-electron chi connectivity index (χ3n) is 3.14. The minimum atomic E-state index is 0.427. The molecule has 2 nitrogen and oxygen atoms in total. The molecule has 1 aromatic rings. The number of hydrogen-bond acceptors (Lipinski definition) is 2. The van der Waals surface area contributed by atoms with Crippen molar-refractivity contribution in [1.29, 1.82) is 0 Å². The molecule has 17 heavy (non-hydrogen) atoms. The Hall–Kier alpha value is -1.02. The summed E-state index contributed by atoms with van der Waals surface area (Å²) in [7, 11) is 0. The smallest absolute Gasteiger partial charge is 0.122 e. The van der Waals surface area contributed by atoms with Gasteiger partial charge in [0.15, 0.2) is 0 Å². The SMILES string of the molecule is Cc1cccc(CNC(C)CCC(C)C)c1O. The van der Waals surface area contributed by atoms with Gasteiger partial charge >= 0.3 is 0 Å². The van der Waals surface area contributed by atoms with Crippen molar-refractivity contribution in [3.05, 3.63) is 29.3 Å². The molecule has 0 heterocycles. The van der Waals surface area contributed by atoms with Crippen molar-refractivity contribution < 1.29 is 5.11 Å². The molecule has 2 heteroatoms. The molecule has 0 bridgehead atoms. The first-order valence-electron chi connectivity index (χ1n) is 6.51. The highest BCUT2D eigenvalue weighted by Crippen LogP contribution is 2.21. The zero-order valence-corrected chi connectivity index (χ0v) is 11.5. The summed E-state index contributed by atoms with van der Waals surface area (Å²) in [4.78, 5) is 0. The van der Waals surface area contributed by atoms with Crippen LogP contribution in [-0.2, 0) is 6.54 Å². The largest absolute Gasteiger partial charge is 0.507 e. The zero-order chi connectivity index (χ0) is 12.8. The quantitative estimate of drug-likeness (QED) is 0.789. The molecule has 0 aliphatic rings. The second kappa shape index (κ2) is 6.65. The van der Waals surface area contributed by atoms with E-state index >= 15 is 0 Å². The summed E-state index contributed by atoms with van der Waals surface area (Å²) in [6.45, 7) is 9.38. The Morgan fingerprint density at radius 2 is 1.88 bits per heavy atom. The van der Waals surface area contributed by atoms with Gasteiger partial charge in [0.05, 0.1) is 0 Å². The average molecular weight is 235 g/mol. The van der Waals surface area contributed by atoms with Crippen LogP contribution in [-0.4, -0.2) is 11.1 Å². The van der Waals surface area contributed by atoms with Crippen molar-refractivity contribution in [3.8, 4) is 5.75 Å². The van der Waals surface area contributed by atoms with Crippen LogP contribution in [0.4, 0.5) is 0 Å². The van der Waals surface area contributed by atoms with E-state index in [0.717, 1.165) is 23.6 Å². The van der Waals surface area contributed by atoms with Gasteiger partial charge in [0.1, 0.15) is 5.75 Å². The number of aromatic hydroxyl groups is 1. The van der Waals surface area contributed by atoms with Gasteiger partial charge in [-0.3, -0.25) is 0 Å². The Kier molecular flexibility index (Phi) is 5.49. The molecule has 0 saturated carbocycles. The zero-order valence-electron chi connectivity index (χ0n) is 11.5. The van der Waals surface area contributed by atoms with Crippen LogP contribution in [0.3, 0.4) is 0 Å². The van der Waals surface area contributed by atoms with E-state index in [4.69, 9.17) is 0 Å². The second-order valence-corrected chi connectivity index (χ2v) is 5.34. The van der Waals surface area contributed by atoms with Gasteiger partial charge in [-0.05, 0) is 38.2 Å². The van der Waals surface area contributed by atoms with E-state index in [1.165, 1.54) is 12.8 Å². The highest BCUT2D eigenvalue weighted by molar-refractivity contribution is 5.39. The van der Waals surface area contributed by atoms with Gasteiger partial charge in [-0.2, -0.15) is 0 Å². The standard InChI is InChI=1S/C15H25NO/c1-11(2)8-9-13(4)16-10-14-7-5-6-12(3)15(14)17/h5-7,11,13,16-17H,8-10H2,1-4H3. The fourth-order valence-electron chi connectivity index (χ4n) is 1.83. The molecule has 0 radical (unpaired) electrons. The van der Waals surface area contributed by atoms with Gasteiger partial charge in [0, 0.05) is 18.2 Å². The molecule has 0 aliphatic carbocycles. The topological polar surface area (TPSA) is 32.3 Å². The third-order valence-corrected chi connectivity index (χ3v) is 3.14. The van der Waals surface area contributed by atoms with E-state index in [9.17, 15) is 5.11 Å². The van der Waals surface area contributed by atoms with Crippen LogP contribution in [0.15, 0.2) is 18.2 Å². The first-order valence-corrected chi connectivity index (χ1v) is 6.51. The fraction of sp³-hybridized carbons (Fsp3) is 0.600. The number of hydrogen-bond donors (Lipinski definition) is 2. The summed E-state index contributed by atoms with van der Waals surface area (Å²) in [6, 6.07) is 6.40. The molecule has 0 fully saturated rings. The van der Waals surface area contributed by atoms with Gasteiger partial charge < -0.3 is 10.4 Å². The number of aryl methyl sites for hydroxylation is 1. The van der Waals surface area contributed by atoms with E-state index < -0.39 is 0 Å². The van der Waals surface area contributed by atoms with Crippen LogP contribution in [0, 0.1) is 12.8 Å². The van der Waals surface area contributed by atoms with Gasteiger partial charge in [-0.15, -0.1) is 0 Å². The molecule has 0 amide bonds. The van der Waals surface area contributed by atoms with Crippen molar-refractivity contribution in [2.24, 2.45) is 5.92 Å². The monoisotopic (exact) mass is 235 g/mol. The van der Waals surface area contributed by atoms with E-state index in [2.05, 4.69) is 26.1 Å². The molecule has 0 saturated heterocycles. The molecular formula is C15H25NO. The van der Waals surface area contributed by atoms with Crippen LogP contribution in [0.2, 0.25) is 0 Å². The molecule has 0 aliphatic heterocycles. The highest BCUT2D eigenvalue weighted by atomic mass is 16.3. The van der Waals surface area contributed by atoms with E-state index in [1.54, 1.807) is 0 Å². The molecular weight excluding hydrogens is 210 g/mol. The summed E-state index contributed by atoms with van der Waals surface area (Å²) in [6.07, 6.45) is 2.43. The van der Waals surface area contributed by atoms with Crippen LogP contribution < -0.4 is 5.32 Å². The lowest BCUT2D eigenvalue weighted by Gasteiger charge is -2.16. The first kappa shape index (κ1) is 14.0. The molecule has 0 aromatic heterocycles. The Morgan fingerprint density at radius 1 is 1.18 bits per heavy atom. The van der Waals surface area contributed by atoms with Crippen LogP contribution in [0.5, 0.6) is 5.75 Å². The van der Waals surface area contributed by atoms with Crippen LogP contribution in [0.25, 0.3) is 0 Å². The van der Waals surface area contributed by atoms with Crippen molar-refractivity contribution in [1.82, 2.24) is 5.32 Å². The van der Waals surface area contributed by atoms with Crippen LogP contribution in [0.1, 0.15) is 44.7 Å². The second-order valence-electron chi connectivity index (χ2n) is 5.34. The maximum absolute atomic E-state index is 9.89. The van der Waals surface area contributed by atoms with Gasteiger partial charge in [-0.25, -0.2) is 0 Å². The number of rotatable bonds is 6. The van der Waals surface area contributed by atoms with Crippen molar-refractivity contribution in [3.63, 3.8) is 0 Å². The summed E-state index contributed by atoms with van der Waals surface area (Å²) in [5.41, 5.74) is 1.93. The molecule has 2 N–H and O–H groups in total. The molecule has 0 spiro atoms.